The van der Waals surface area contributed by atoms with E-state index in [4.69, 9.17) is 9.26 Å². The second-order valence-electron chi connectivity index (χ2n) is 5.91. The van der Waals surface area contributed by atoms with Crippen molar-refractivity contribution < 1.29 is 17.7 Å². The van der Waals surface area contributed by atoms with Crippen LogP contribution in [-0.2, 0) is 16.4 Å². The molecule has 1 aliphatic heterocycles. The van der Waals surface area contributed by atoms with Crippen molar-refractivity contribution >= 4 is 10.0 Å². The standard InChI is InChI=1S/C17H22N2O4S/c1-4-16-17(12(2)18-23-16)15-6-5-11-19(15)24(20,21)14-9-7-13(22-3)8-10-14/h7-10,15H,4-6,11H2,1-3H3/t15-/m1/s1. The number of rotatable bonds is 5. The largest absolute Gasteiger partial charge is 0.497 e. The van der Waals surface area contributed by atoms with Crippen molar-refractivity contribution in [2.45, 2.75) is 44.0 Å². The number of hydrogen-bond donors (Lipinski definition) is 0. The minimum Gasteiger partial charge on any atom is -0.497 e. The first-order valence-electron chi connectivity index (χ1n) is 8.10. The van der Waals surface area contributed by atoms with Crippen molar-refractivity contribution in [2.75, 3.05) is 13.7 Å². The fraction of sp³-hybridized carbons (Fsp3) is 0.471. The highest BCUT2D eigenvalue weighted by Crippen LogP contribution is 2.39. The van der Waals surface area contributed by atoms with Gasteiger partial charge in [-0.2, -0.15) is 4.31 Å². The van der Waals surface area contributed by atoms with Crippen LogP contribution in [0.25, 0.3) is 0 Å². The van der Waals surface area contributed by atoms with Gasteiger partial charge in [0.25, 0.3) is 0 Å². The van der Waals surface area contributed by atoms with Crippen molar-refractivity contribution in [2.24, 2.45) is 0 Å². The van der Waals surface area contributed by atoms with Crippen molar-refractivity contribution in [3.63, 3.8) is 0 Å². The lowest BCUT2D eigenvalue weighted by atomic mass is 10.0. The van der Waals surface area contributed by atoms with Crippen molar-refractivity contribution in [1.29, 1.82) is 0 Å². The van der Waals surface area contributed by atoms with E-state index in [0.717, 1.165) is 29.9 Å². The summed E-state index contributed by atoms with van der Waals surface area (Å²) in [4.78, 5) is 0.280. The maximum atomic E-state index is 13.1. The third-order valence-corrected chi connectivity index (χ3v) is 6.43. The Kier molecular flexibility index (Phi) is 4.64. The van der Waals surface area contributed by atoms with Crippen LogP contribution in [0.5, 0.6) is 5.75 Å². The summed E-state index contributed by atoms with van der Waals surface area (Å²) in [7, 11) is -2.02. The van der Waals surface area contributed by atoms with E-state index in [1.807, 2.05) is 13.8 Å². The molecule has 0 radical (unpaired) electrons. The predicted octanol–water partition coefficient (Wildman–Crippen LogP) is 3.08. The molecule has 0 saturated carbocycles. The second kappa shape index (κ2) is 6.57. The zero-order chi connectivity index (χ0) is 17.3. The summed E-state index contributed by atoms with van der Waals surface area (Å²) < 4.78 is 38.2. The first-order valence-corrected chi connectivity index (χ1v) is 9.54. The van der Waals surface area contributed by atoms with Gasteiger partial charge in [-0.3, -0.25) is 0 Å². The van der Waals surface area contributed by atoms with E-state index in [2.05, 4.69) is 5.16 Å². The number of methoxy groups -OCH3 is 1. The molecule has 0 N–H and O–H groups in total. The van der Waals surface area contributed by atoms with Crippen molar-refractivity contribution in [1.82, 2.24) is 9.46 Å². The molecule has 6 nitrogen and oxygen atoms in total. The second-order valence-corrected chi connectivity index (χ2v) is 7.80. The molecule has 1 aromatic heterocycles. The Morgan fingerprint density at radius 2 is 2.04 bits per heavy atom. The van der Waals surface area contributed by atoms with Crippen molar-refractivity contribution in [3.05, 3.63) is 41.3 Å². The van der Waals surface area contributed by atoms with Gasteiger partial charge in [0.2, 0.25) is 10.0 Å². The molecule has 130 valence electrons. The number of hydrogen-bond acceptors (Lipinski definition) is 5. The molecule has 0 unspecified atom stereocenters. The SMILES string of the molecule is CCc1onc(C)c1[C@H]1CCCN1S(=O)(=O)c1ccc(OC)cc1. The van der Waals surface area contributed by atoms with Gasteiger partial charge in [-0.1, -0.05) is 12.1 Å². The third kappa shape index (κ3) is 2.82. The zero-order valence-corrected chi connectivity index (χ0v) is 15.0. The number of sulfonamides is 1. The summed E-state index contributed by atoms with van der Waals surface area (Å²) in [6.45, 7) is 4.36. The Balaban J connectivity index is 1.98. The maximum Gasteiger partial charge on any atom is 0.243 e. The molecule has 1 fully saturated rings. The average Bonchev–Trinajstić information content (AvgIpc) is 3.21. The molecular weight excluding hydrogens is 328 g/mol. The van der Waals surface area contributed by atoms with Gasteiger partial charge in [0.15, 0.2) is 0 Å². The predicted molar refractivity (Wildman–Crippen MR) is 89.5 cm³/mol. The molecule has 0 aliphatic carbocycles. The summed E-state index contributed by atoms with van der Waals surface area (Å²) >= 11 is 0. The lowest BCUT2D eigenvalue weighted by Crippen LogP contribution is -2.31. The summed E-state index contributed by atoms with van der Waals surface area (Å²) in [6.07, 6.45) is 2.31. The van der Waals surface area contributed by atoms with Crippen LogP contribution in [0, 0.1) is 6.92 Å². The minimum atomic E-state index is -3.57. The summed E-state index contributed by atoms with van der Waals surface area (Å²) in [5, 5.41) is 4.03. The lowest BCUT2D eigenvalue weighted by Gasteiger charge is -2.24. The average molecular weight is 350 g/mol. The van der Waals surface area contributed by atoms with Gasteiger partial charge >= 0.3 is 0 Å². The quantitative estimate of drug-likeness (QED) is 0.828. The van der Waals surface area contributed by atoms with Crippen LogP contribution in [0.3, 0.4) is 0 Å². The van der Waals surface area contributed by atoms with E-state index < -0.39 is 10.0 Å². The highest BCUT2D eigenvalue weighted by molar-refractivity contribution is 7.89. The highest BCUT2D eigenvalue weighted by Gasteiger charge is 2.39. The number of aryl methyl sites for hydroxylation is 2. The van der Waals surface area contributed by atoms with Gasteiger partial charge in [-0.15, -0.1) is 0 Å². The molecule has 1 aliphatic rings. The number of aromatic nitrogens is 1. The monoisotopic (exact) mass is 350 g/mol. The van der Waals surface area contributed by atoms with E-state index in [1.165, 1.54) is 0 Å². The molecule has 24 heavy (non-hydrogen) atoms. The molecule has 0 amide bonds. The Hall–Kier alpha value is -1.86. The van der Waals surface area contributed by atoms with Gasteiger partial charge in [0, 0.05) is 18.5 Å². The van der Waals surface area contributed by atoms with E-state index >= 15 is 0 Å². The minimum absolute atomic E-state index is 0.210. The smallest absolute Gasteiger partial charge is 0.243 e. The topological polar surface area (TPSA) is 72.6 Å². The summed E-state index contributed by atoms with van der Waals surface area (Å²) in [5.41, 5.74) is 1.70. The van der Waals surface area contributed by atoms with Crippen LogP contribution >= 0.6 is 0 Å². The third-order valence-electron chi connectivity index (χ3n) is 4.51. The number of nitrogens with zero attached hydrogens (tertiary/aromatic N) is 2. The molecule has 7 heteroatoms. The Bertz CT molecular complexity index is 812. The molecule has 0 bridgehead atoms. The van der Waals surface area contributed by atoms with E-state index in [1.54, 1.807) is 35.7 Å². The number of ether oxygens (including phenoxy) is 1. The van der Waals surface area contributed by atoms with Crippen LogP contribution in [0.1, 0.15) is 42.8 Å². The molecule has 0 spiro atoms. The van der Waals surface area contributed by atoms with Crippen molar-refractivity contribution in [3.8, 4) is 5.75 Å². The van der Waals surface area contributed by atoms with E-state index in [9.17, 15) is 8.42 Å². The normalized spacial score (nSPS) is 18.9. The molecule has 2 heterocycles. The van der Waals surface area contributed by atoms with Gasteiger partial charge in [0.05, 0.1) is 23.7 Å². The van der Waals surface area contributed by atoms with Crippen LogP contribution in [0.4, 0.5) is 0 Å². The Morgan fingerprint density at radius 3 is 2.67 bits per heavy atom. The van der Waals surface area contributed by atoms with Crippen LogP contribution in [0.15, 0.2) is 33.7 Å². The Morgan fingerprint density at radius 1 is 1.33 bits per heavy atom. The summed E-state index contributed by atoms with van der Waals surface area (Å²) in [6, 6.07) is 6.30. The van der Waals surface area contributed by atoms with Crippen LogP contribution in [-0.4, -0.2) is 31.5 Å². The fourth-order valence-corrected chi connectivity index (χ4v) is 4.97. The highest BCUT2D eigenvalue weighted by atomic mass is 32.2. The van der Waals surface area contributed by atoms with E-state index in [0.29, 0.717) is 18.7 Å². The molecular formula is C17H22N2O4S. The van der Waals surface area contributed by atoms with Gasteiger partial charge in [-0.25, -0.2) is 8.42 Å². The van der Waals surface area contributed by atoms with Crippen LogP contribution in [0.2, 0.25) is 0 Å². The fourth-order valence-electron chi connectivity index (χ4n) is 3.31. The zero-order valence-electron chi connectivity index (χ0n) is 14.2. The van der Waals surface area contributed by atoms with Crippen LogP contribution < -0.4 is 4.74 Å². The molecule has 1 atom stereocenters. The molecule has 1 saturated heterocycles. The first kappa shape index (κ1) is 17.0. The lowest BCUT2D eigenvalue weighted by molar-refractivity contribution is 0.368. The molecule has 1 aromatic carbocycles. The molecule has 3 rings (SSSR count). The van der Waals surface area contributed by atoms with E-state index in [-0.39, 0.29) is 10.9 Å². The first-order chi connectivity index (χ1) is 11.5. The van der Waals surface area contributed by atoms with Gasteiger partial charge < -0.3 is 9.26 Å². The maximum absolute atomic E-state index is 13.1. The number of benzene rings is 1. The Labute approximate surface area is 142 Å². The van der Waals surface area contributed by atoms with Gasteiger partial charge in [-0.05, 0) is 44.0 Å². The summed E-state index contributed by atoms with van der Waals surface area (Å²) in [5.74, 6) is 1.41. The van der Waals surface area contributed by atoms with Gasteiger partial charge in [0.1, 0.15) is 11.5 Å². The molecule has 2 aromatic rings.